The monoisotopic (exact) mass is 278 g/mol. The van der Waals surface area contributed by atoms with Crippen molar-refractivity contribution in [2.24, 2.45) is 0 Å². The highest BCUT2D eigenvalue weighted by molar-refractivity contribution is 6.37. The Kier molecular flexibility index (Phi) is 5.55. The van der Waals surface area contributed by atoms with Crippen LogP contribution in [0.15, 0.2) is 18.2 Å². The number of carboxylic acids is 1. The lowest BCUT2D eigenvalue weighted by Gasteiger charge is -2.11. The molecule has 0 heterocycles. The zero-order chi connectivity index (χ0) is 12.8. The Hall–Kier alpha value is -0.970. The number of para-hydroxylation sites is 1. The minimum absolute atomic E-state index is 0.148. The smallest absolute Gasteiger partial charge is 0.332 e. The molecular formula is C11H12Cl2O4. The summed E-state index contributed by atoms with van der Waals surface area (Å²) in [5, 5.41) is 9.39. The average molecular weight is 279 g/mol. The van der Waals surface area contributed by atoms with E-state index in [1.165, 1.54) is 6.92 Å². The van der Waals surface area contributed by atoms with E-state index in [9.17, 15) is 4.79 Å². The molecule has 0 aliphatic rings. The van der Waals surface area contributed by atoms with Crippen LogP contribution in [0.3, 0.4) is 0 Å². The summed E-state index contributed by atoms with van der Waals surface area (Å²) in [4.78, 5) is 10.5. The molecule has 0 saturated heterocycles. The van der Waals surface area contributed by atoms with Gasteiger partial charge in [-0.05, 0) is 19.1 Å². The third kappa shape index (κ3) is 4.42. The van der Waals surface area contributed by atoms with Gasteiger partial charge >= 0.3 is 5.97 Å². The van der Waals surface area contributed by atoms with Gasteiger partial charge < -0.3 is 14.6 Å². The molecule has 1 N–H and O–H groups in total. The molecule has 6 heteroatoms. The van der Waals surface area contributed by atoms with Gasteiger partial charge in [0.2, 0.25) is 0 Å². The number of ether oxygens (including phenoxy) is 2. The molecule has 0 spiro atoms. The third-order valence-electron chi connectivity index (χ3n) is 1.96. The molecule has 1 aromatic carbocycles. The second-order valence-electron chi connectivity index (χ2n) is 3.25. The van der Waals surface area contributed by atoms with E-state index in [0.717, 1.165) is 0 Å². The zero-order valence-corrected chi connectivity index (χ0v) is 10.7. The second-order valence-corrected chi connectivity index (χ2v) is 4.06. The normalized spacial score (nSPS) is 12.2. The number of hydrogen-bond acceptors (Lipinski definition) is 3. The molecule has 0 aliphatic heterocycles. The van der Waals surface area contributed by atoms with Gasteiger partial charge in [0.1, 0.15) is 6.61 Å². The number of carboxylic acid groups (broad SMARTS) is 1. The van der Waals surface area contributed by atoms with Crippen LogP contribution in [-0.2, 0) is 9.53 Å². The third-order valence-corrected chi connectivity index (χ3v) is 2.56. The fourth-order valence-corrected chi connectivity index (χ4v) is 1.57. The predicted molar refractivity (Wildman–Crippen MR) is 65.0 cm³/mol. The van der Waals surface area contributed by atoms with E-state index < -0.39 is 12.1 Å². The minimum atomic E-state index is -1.01. The molecule has 0 saturated carbocycles. The first-order valence-corrected chi connectivity index (χ1v) is 5.69. The second kappa shape index (κ2) is 6.69. The molecular weight excluding hydrogens is 267 g/mol. The van der Waals surface area contributed by atoms with Crippen LogP contribution in [0, 0.1) is 0 Å². The molecule has 4 nitrogen and oxygen atoms in total. The summed E-state index contributed by atoms with van der Waals surface area (Å²) in [5.41, 5.74) is 0. The first-order chi connectivity index (χ1) is 8.02. The van der Waals surface area contributed by atoms with Gasteiger partial charge in [-0.25, -0.2) is 4.79 Å². The van der Waals surface area contributed by atoms with Crippen LogP contribution in [0.4, 0.5) is 0 Å². The highest BCUT2D eigenvalue weighted by Gasteiger charge is 2.11. The van der Waals surface area contributed by atoms with Crippen LogP contribution in [-0.4, -0.2) is 30.4 Å². The molecule has 0 aliphatic carbocycles. The summed E-state index contributed by atoms with van der Waals surface area (Å²) < 4.78 is 10.3. The van der Waals surface area contributed by atoms with Crippen molar-refractivity contribution in [3.63, 3.8) is 0 Å². The lowest BCUT2D eigenvalue weighted by molar-refractivity contribution is -0.149. The molecule has 1 atom stereocenters. The highest BCUT2D eigenvalue weighted by atomic mass is 35.5. The molecule has 1 rings (SSSR count). The largest absolute Gasteiger partial charge is 0.488 e. The summed E-state index contributed by atoms with van der Waals surface area (Å²) in [6.07, 6.45) is -0.861. The lowest BCUT2D eigenvalue weighted by Crippen LogP contribution is -2.22. The van der Waals surface area contributed by atoms with Gasteiger partial charge in [-0.2, -0.15) is 0 Å². The Balaban J connectivity index is 2.39. The molecule has 0 aromatic heterocycles. The van der Waals surface area contributed by atoms with Crippen molar-refractivity contribution in [3.8, 4) is 5.75 Å². The van der Waals surface area contributed by atoms with E-state index in [4.69, 9.17) is 37.8 Å². The maximum Gasteiger partial charge on any atom is 0.332 e. The van der Waals surface area contributed by atoms with Crippen LogP contribution in [0.25, 0.3) is 0 Å². The van der Waals surface area contributed by atoms with E-state index >= 15 is 0 Å². The first kappa shape index (κ1) is 14.1. The van der Waals surface area contributed by atoms with E-state index in [-0.39, 0.29) is 13.2 Å². The van der Waals surface area contributed by atoms with Crippen LogP contribution in [0.5, 0.6) is 5.75 Å². The van der Waals surface area contributed by atoms with Crippen molar-refractivity contribution in [1.29, 1.82) is 0 Å². The fourth-order valence-electron chi connectivity index (χ4n) is 1.06. The van der Waals surface area contributed by atoms with Crippen molar-refractivity contribution in [2.45, 2.75) is 13.0 Å². The van der Waals surface area contributed by atoms with E-state index in [1.807, 2.05) is 0 Å². The van der Waals surface area contributed by atoms with Crippen molar-refractivity contribution in [3.05, 3.63) is 28.2 Å². The summed E-state index contributed by atoms with van der Waals surface area (Å²) in [7, 11) is 0. The van der Waals surface area contributed by atoms with Gasteiger partial charge in [0.25, 0.3) is 0 Å². The minimum Gasteiger partial charge on any atom is -0.488 e. The number of hydrogen-bond donors (Lipinski definition) is 1. The standard InChI is InChI=1S/C11H12Cl2O4/c1-7(11(14)15)16-5-6-17-10-8(12)3-2-4-9(10)13/h2-4,7H,5-6H2,1H3,(H,14,15)/t7-/m0/s1. The zero-order valence-electron chi connectivity index (χ0n) is 9.15. The summed E-state index contributed by atoms with van der Waals surface area (Å²) in [6, 6.07) is 5.02. The fraction of sp³-hybridized carbons (Fsp3) is 0.364. The number of aliphatic carboxylic acids is 1. The topological polar surface area (TPSA) is 55.8 Å². The first-order valence-electron chi connectivity index (χ1n) is 4.93. The molecule has 1 aromatic rings. The number of rotatable bonds is 6. The van der Waals surface area contributed by atoms with Crippen molar-refractivity contribution in [1.82, 2.24) is 0 Å². The average Bonchev–Trinajstić information content (AvgIpc) is 2.27. The van der Waals surface area contributed by atoms with Gasteiger partial charge in [0.05, 0.1) is 16.7 Å². The van der Waals surface area contributed by atoms with E-state index in [1.54, 1.807) is 18.2 Å². The van der Waals surface area contributed by atoms with Crippen molar-refractivity contribution < 1.29 is 19.4 Å². The Morgan fingerprint density at radius 2 is 1.94 bits per heavy atom. The van der Waals surface area contributed by atoms with E-state index in [0.29, 0.717) is 15.8 Å². The predicted octanol–water partition coefficient (Wildman–Crippen LogP) is 2.86. The number of carbonyl (C=O) groups is 1. The maximum absolute atomic E-state index is 10.5. The van der Waals surface area contributed by atoms with Crippen LogP contribution in [0.1, 0.15) is 6.92 Å². The van der Waals surface area contributed by atoms with Crippen molar-refractivity contribution in [2.75, 3.05) is 13.2 Å². The van der Waals surface area contributed by atoms with Crippen LogP contribution in [0.2, 0.25) is 10.0 Å². The summed E-state index contributed by atoms with van der Waals surface area (Å²) in [6.45, 7) is 1.78. The van der Waals surface area contributed by atoms with Gasteiger partial charge in [0, 0.05) is 0 Å². The van der Waals surface area contributed by atoms with Gasteiger partial charge in [-0.15, -0.1) is 0 Å². The number of benzene rings is 1. The van der Waals surface area contributed by atoms with Crippen LogP contribution < -0.4 is 4.74 Å². The van der Waals surface area contributed by atoms with Crippen molar-refractivity contribution >= 4 is 29.2 Å². The molecule has 94 valence electrons. The Morgan fingerprint density at radius 1 is 1.35 bits per heavy atom. The lowest BCUT2D eigenvalue weighted by atomic mass is 10.3. The Labute approximate surface area is 109 Å². The van der Waals surface area contributed by atoms with Gasteiger partial charge in [0.15, 0.2) is 11.9 Å². The van der Waals surface area contributed by atoms with E-state index in [2.05, 4.69) is 0 Å². The SMILES string of the molecule is C[C@H](OCCOc1c(Cl)cccc1Cl)C(=O)O. The molecule has 0 bridgehead atoms. The molecule has 0 unspecified atom stereocenters. The summed E-state index contributed by atoms with van der Waals surface area (Å²) >= 11 is 11.8. The maximum atomic E-state index is 10.5. The highest BCUT2D eigenvalue weighted by Crippen LogP contribution is 2.32. The Morgan fingerprint density at radius 3 is 2.47 bits per heavy atom. The number of halogens is 2. The molecule has 0 amide bonds. The quantitative estimate of drug-likeness (QED) is 0.813. The van der Waals surface area contributed by atoms with Crippen LogP contribution >= 0.6 is 23.2 Å². The molecule has 0 radical (unpaired) electrons. The molecule has 17 heavy (non-hydrogen) atoms. The molecule has 0 fully saturated rings. The van der Waals surface area contributed by atoms with Gasteiger partial charge in [-0.3, -0.25) is 0 Å². The van der Waals surface area contributed by atoms with Gasteiger partial charge in [-0.1, -0.05) is 29.3 Å². The Bertz CT molecular complexity index is 375. The summed E-state index contributed by atoms with van der Waals surface area (Å²) in [5.74, 6) is -0.636.